The first-order valence-corrected chi connectivity index (χ1v) is 11.2. The number of methoxy groups -OCH3 is 2. The van der Waals surface area contributed by atoms with Gasteiger partial charge in [-0.15, -0.1) is 0 Å². The van der Waals surface area contributed by atoms with Crippen LogP contribution in [0.5, 0.6) is 11.5 Å². The Morgan fingerprint density at radius 1 is 1.10 bits per heavy atom. The number of ether oxygens (including phenoxy) is 2. The third kappa shape index (κ3) is 5.60. The predicted octanol–water partition coefficient (Wildman–Crippen LogP) is 2.93. The second-order valence-electron chi connectivity index (χ2n) is 6.98. The summed E-state index contributed by atoms with van der Waals surface area (Å²) in [4.78, 5) is 14.6. The van der Waals surface area contributed by atoms with Crippen molar-refractivity contribution in [2.24, 2.45) is 0 Å². The average molecular weight is 416 g/mol. The van der Waals surface area contributed by atoms with E-state index in [1.807, 2.05) is 48.5 Å². The maximum Gasteiger partial charge on any atom is 0.247 e. The number of sulfone groups is 1. The zero-order valence-electron chi connectivity index (χ0n) is 16.6. The number of benzene rings is 2. The van der Waals surface area contributed by atoms with Gasteiger partial charge >= 0.3 is 0 Å². The molecule has 154 valence electrons. The number of rotatable bonds is 7. The van der Waals surface area contributed by atoms with Gasteiger partial charge in [-0.1, -0.05) is 24.3 Å². The van der Waals surface area contributed by atoms with Crippen molar-refractivity contribution >= 4 is 21.8 Å². The van der Waals surface area contributed by atoms with Crippen LogP contribution in [0.25, 0.3) is 6.08 Å². The number of amides is 1. The Kier molecular flexibility index (Phi) is 6.59. The van der Waals surface area contributed by atoms with E-state index in [-0.39, 0.29) is 23.5 Å². The monoisotopic (exact) mass is 415 g/mol. The third-order valence-corrected chi connectivity index (χ3v) is 6.70. The minimum Gasteiger partial charge on any atom is -0.497 e. The Balaban J connectivity index is 1.81. The zero-order chi connectivity index (χ0) is 20.9. The summed E-state index contributed by atoms with van der Waals surface area (Å²) < 4.78 is 34.3. The van der Waals surface area contributed by atoms with Crippen molar-refractivity contribution in [1.82, 2.24) is 4.90 Å². The Morgan fingerprint density at radius 3 is 2.45 bits per heavy atom. The van der Waals surface area contributed by atoms with Crippen LogP contribution in [-0.2, 0) is 21.2 Å². The van der Waals surface area contributed by atoms with Crippen LogP contribution in [-0.4, -0.2) is 51.0 Å². The van der Waals surface area contributed by atoms with Gasteiger partial charge < -0.3 is 14.4 Å². The van der Waals surface area contributed by atoms with E-state index in [2.05, 4.69) is 0 Å². The molecule has 1 heterocycles. The number of carbonyl (C=O) groups is 1. The molecule has 1 aliphatic rings. The quantitative estimate of drug-likeness (QED) is 0.650. The Bertz CT molecular complexity index is 983. The fourth-order valence-electron chi connectivity index (χ4n) is 3.35. The minimum atomic E-state index is -3.11. The molecule has 1 amide bonds. The summed E-state index contributed by atoms with van der Waals surface area (Å²) in [5.41, 5.74) is 1.75. The van der Waals surface area contributed by atoms with Crippen LogP contribution in [0.3, 0.4) is 0 Å². The molecule has 0 aromatic heterocycles. The lowest BCUT2D eigenvalue weighted by Crippen LogP contribution is -2.39. The summed E-state index contributed by atoms with van der Waals surface area (Å²) in [6.45, 7) is 0.323. The maximum atomic E-state index is 13.0. The molecular weight excluding hydrogens is 390 g/mol. The van der Waals surface area contributed by atoms with Crippen LogP contribution in [0.4, 0.5) is 0 Å². The number of carbonyl (C=O) groups excluding carboxylic acids is 1. The van der Waals surface area contributed by atoms with Crippen molar-refractivity contribution in [1.29, 1.82) is 0 Å². The highest BCUT2D eigenvalue weighted by Gasteiger charge is 2.34. The SMILES string of the molecule is COc1ccc(C=CC(=O)N(Cc2cccc(OC)c2)C2CCS(=O)(=O)C2)cc1. The predicted molar refractivity (Wildman–Crippen MR) is 113 cm³/mol. The fraction of sp³-hybridized carbons (Fsp3) is 0.318. The van der Waals surface area contributed by atoms with Crippen LogP contribution >= 0.6 is 0 Å². The number of hydrogen-bond donors (Lipinski definition) is 0. The van der Waals surface area contributed by atoms with Crippen molar-refractivity contribution in [2.45, 2.75) is 19.0 Å². The molecule has 0 N–H and O–H groups in total. The zero-order valence-corrected chi connectivity index (χ0v) is 17.4. The lowest BCUT2D eigenvalue weighted by atomic mass is 10.1. The van der Waals surface area contributed by atoms with E-state index in [1.54, 1.807) is 25.2 Å². The van der Waals surface area contributed by atoms with Crippen molar-refractivity contribution in [3.8, 4) is 11.5 Å². The van der Waals surface area contributed by atoms with Crippen LogP contribution in [0.2, 0.25) is 0 Å². The third-order valence-electron chi connectivity index (χ3n) is 4.95. The average Bonchev–Trinajstić information content (AvgIpc) is 3.10. The fourth-order valence-corrected chi connectivity index (χ4v) is 5.08. The first-order valence-electron chi connectivity index (χ1n) is 9.36. The molecule has 1 fully saturated rings. The van der Waals surface area contributed by atoms with E-state index < -0.39 is 9.84 Å². The van der Waals surface area contributed by atoms with E-state index in [0.717, 1.165) is 16.9 Å². The molecule has 3 rings (SSSR count). The summed E-state index contributed by atoms with van der Waals surface area (Å²) in [6.07, 6.45) is 3.67. The molecule has 0 bridgehead atoms. The van der Waals surface area contributed by atoms with E-state index in [1.165, 1.54) is 6.08 Å². The first-order chi connectivity index (χ1) is 13.9. The molecule has 7 heteroatoms. The van der Waals surface area contributed by atoms with E-state index >= 15 is 0 Å². The molecule has 1 saturated heterocycles. The maximum absolute atomic E-state index is 13.0. The topological polar surface area (TPSA) is 72.9 Å². The second-order valence-corrected chi connectivity index (χ2v) is 9.21. The summed E-state index contributed by atoms with van der Waals surface area (Å²) in [6, 6.07) is 14.5. The van der Waals surface area contributed by atoms with Gasteiger partial charge in [0.05, 0.1) is 25.7 Å². The van der Waals surface area contributed by atoms with Crippen LogP contribution in [0, 0.1) is 0 Å². The molecule has 1 unspecified atom stereocenters. The highest BCUT2D eigenvalue weighted by Crippen LogP contribution is 2.22. The molecule has 0 saturated carbocycles. The van der Waals surface area contributed by atoms with Crippen LogP contribution in [0.15, 0.2) is 54.6 Å². The smallest absolute Gasteiger partial charge is 0.247 e. The Morgan fingerprint density at radius 2 is 1.83 bits per heavy atom. The van der Waals surface area contributed by atoms with Gasteiger partial charge in [-0.3, -0.25) is 4.79 Å². The molecule has 2 aromatic rings. The minimum absolute atomic E-state index is 0.000908. The van der Waals surface area contributed by atoms with Gasteiger partial charge in [-0.2, -0.15) is 0 Å². The van der Waals surface area contributed by atoms with Crippen molar-refractivity contribution in [2.75, 3.05) is 25.7 Å². The molecule has 1 atom stereocenters. The van der Waals surface area contributed by atoms with Crippen molar-refractivity contribution in [3.05, 3.63) is 65.7 Å². The highest BCUT2D eigenvalue weighted by atomic mass is 32.2. The second kappa shape index (κ2) is 9.13. The molecule has 1 aliphatic heterocycles. The molecular formula is C22H25NO5S. The van der Waals surface area contributed by atoms with Crippen molar-refractivity contribution in [3.63, 3.8) is 0 Å². The molecule has 0 radical (unpaired) electrons. The van der Waals surface area contributed by atoms with Gasteiger partial charge in [0.25, 0.3) is 0 Å². The molecule has 6 nitrogen and oxygen atoms in total. The Hall–Kier alpha value is -2.80. The number of hydrogen-bond acceptors (Lipinski definition) is 5. The largest absolute Gasteiger partial charge is 0.497 e. The van der Waals surface area contributed by atoms with Gasteiger partial charge in [-0.25, -0.2) is 8.42 Å². The van der Waals surface area contributed by atoms with Gasteiger partial charge in [0.2, 0.25) is 5.91 Å². The van der Waals surface area contributed by atoms with Gasteiger partial charge in [0, 0.05) is 18.7 Å². The van der Waals surface area contributed by atoms with Crippen LogP contribution in [0.1, 0.15) is 17.5 Å². The number of nitrogens with zero attached hydrogens (tertiary/aromatic N) is 1. The van der Waals surface area contributed by atoms with Crippen LogP contribution < -0.4 is 9.47 Å². The first kappa shape index (κ1) is 20.9. The molecule has 0 aliphatic carbocycles. The van der Waals surface area contributed by atoms with Gasteiger partial charge in [0.15, 0.2) is 9.84 Å². The highest BCUT2D eigenvalue weighted by molar-refractivity contribution is 7.91. The summed E-state index contributed by atoms with van der Waals surface area (Å²) in [7, 11) is 0.0737. The lowest BCUT2D eigenvalue weighted by molar-refractivity contribution is -0.128. The van der Waals surface area contributed by atoms with Gasteiger partial charge in [0.1, 0.15) is 11.5 Å². The van der Waals surface area contributed by atoms with Crippen molar-refractivity contribution < 1.29 is 22.7 Å². The molecule has 2 aromatic carbocycles. The summed E-state index contributed by atoms with van der Waals surface area (Å²) in [5.74, 6) is 1.33. The summed E-state index contributed by atoms with van der Waals surface area (Å²) in [5, 5.41) is 0. The molecule has 0 spiro atoms. The lowest BCUT2D eigenvalue weighted by Gasteiger charge is -2.27. The summed E-state index contributed by atoms with van der Waals surface area (Å²) >= 11 is 0. The normalized spacial score (nSPS) is 17.9. The van der Waals surface area contributed by atoms with Gasteiger partial charge in [-0.05, 0) is 47.9 Å². The standard InChI is InChI=1S/C22H25NO5S/c1-27-20-9-6-17(7-10-20)8-11-22(24)23(19-12-13-29(25,26)16-19)15-18-4-3-5-21(14-18)28-2/h3-11,14,19H,12-13,15-16H2,1-2H3. The van der Waals surface area contributed by atoms with E-state index in [0.29, 0.717) is 18.7 Å². The van der Waals surface area contributed by atoms with E-state index in [9.17, 15) is 13.2 Å². The molecule has 29 heavy (non-hydrogen) atoms. The van der Waals surface area contributed by atoms with E-state index in [4.69, 9.17) is 9.47 Å². The Labute approximate surface area is 171 Å².